The minimum atomic E-state index is -3.31. The second-order valence-corrected chi connectivity index (χ2v) is 8.18. The first-order chi connectivity index (χ1) is 10.1. The van der Waals surface area contributed by atoms with Crippen LogP contribution in [0.2, 0.25) is 0 Å². The molecule has 0 bridgehead atoms. The van der Waals surface area contributed by atoms with E-state index >= 15 is 0 Å². The highest BCUT2D eigenvalue weighted by atomic mass is 32.2. The molecule has 1 N–H and O–H groups in total. The van der Waals surface area contributed by atoms with Gasteiger partial charge in [0.2, 0.25) is 10.0 Å². The molecule has 0 radical (unpaired) electrons. The molecular weight excluding hydrogens is 288 g/mol. The van der Waals surface area contributed by atoms with E-state index in [9.17, 15) is 8.42 Å². The summed E-state index contributed by atoms with van der Waals surface area (Å²) in [5, 5.41) is 2.89. The Kier molecular flexibility index (Phi) is 4.19. The second kappa shape index (κ2) is 5.94. The number of rotatable bonds is 5. The Bertz CT molecular complexity index is 599. The van der Waals surface area contributed by atoms with E-state index in [1.54, 1.807) is 11.2 Å². The van der Waals surface area contributed by atoms with Crippen molar-refractivity contribution in [2.24, 2.45) is 0 Å². The molecule has 1 atom stereocenters. The zero-order chi connectivity index (χ0) is 14.9. The number of para-hydroxylation sites is 1. The van der Waals surface area contributed by atoms with Crippen molar-refractivity contribution in [1.82, 2.24) is 9.62 Å². The summed E-state index contributed by atoms with van der Waals surface area (Å²) < 4.78 is 32.6. The van der Waals surface area contributed by atoms with Gasteiger partial charge in [0.05, 0.1) is 5.25 Å². The first-order valence-corrected chi connectivity index (χ1v) is 9.01. The summed E-state index contributed by atoms with van der Waals surface area (Å²) in [7, 11) is -3.31. The number of nitrogens with one attached hydrogen (secondary N) is 1. The maximum Gasteiger partial charge on any atom is 0.218 e. The predicted octanol–water partition coefficient (Wildman–Crippen LogP) is 1.35. The molecule has 6 heteroatoms. The van der Waals surface area contributed by atoms with Gasteiger partial charge in [0.1, 0.15) is 12.4 Å². The molecule has 1 saturated carbocycles. The molecule has 0 spiro atoms. The number of ether oxygens (including phenoxy) is 1. The molecule has 1 heterocycles. The molecule has 0 saturated heterocycles. The second-order valence-electron chi connectivity index (χ2n) is 5.83. The standard InChI is InChI=1S/C15H22N2O3S/c1-12(10-16-14-6-7-14)21(18,19)17-8-9-20-15-5-3-2-4-13(15)11-17/h2-5,12,14,16H,6-11H2,1H3. The van der Waals surface area contributed by atoms with E-state index in [0.29, 0.717) is 32.3 Å². The van der Waals surface area contributed by atoms with E-state index in [1.165, 1.54) is 0 Å². The molecule has 5 nitrogen and oxygen atoms in total. The molecule has 1 aromatic rings. The molecule has 1 unspecified atom stereocenters. The maximum absolute atomic E-state index is 12.7. The van der Waals surface area contributed by atoms with E-state index in [-0.39, 0.29) is 0 Å². The first-order valence-electron chi connectivity index (χ1n) is 7.50. The van der Waals surface area contributed by atoms with Crippen molar-refractivity contribution >= 4 is 10.0 Å². The number of hydrogen-bond acceptors (Lipinski definition) is 4. The lowest BCUT2D eigenvalue weighted by Crippen LogP contribution is -2.43. The van der Waals surface area contributed by atoms with Gasteiger partial charge in [0.15, 0.2) is 0 Å². The van der Waals surface area contributed by atoms with Crippen molar-refractivity contribution in [1.29, 1.82) is 0 Å². The highest BCUT2D eigenvalue weighted by Crippen LogP contribution is 2.25. The summed E-state index contributed by atoms with van der Waals surface area (Å²) in [5.41, 5.74) is 0.931. The maximum atomic E-state index is 12.7. The Morgan fingerprint density at radius 1 is 1.38 bits per heavy atom. The van der Waals surface area contributed by atoms with Crippen molar-refractivity contribution < 1.29 is 13.2 Å². The van der Waals surface area contributed by atoms with Crippen LogP contribution in [0.1, 0.15) is 25.3 Å². The normalized spacial score (nSPS) is 21.2. The third kappa shape index (κ3) is 3.39. The zero-order valence-electron chi connectivity index (χ0n) is 12.3. The van der Waals surface area contributed by atoms with Gasteiger partial charge >= 0.3 is 0 Å². The Hall–Kier alpha value is -1.11. The van der Waals surface area contributed by atoms with Gasteiger partial charge in [0.25, 0.3) is 0 Å². The number of hydrogen-bond donors (Lipinski definition) is 1. The van der Waals surface area contributed by atoms with Crippen LogP contribution in [-0.4, -0.2) is 43.7 Å². The third-order valence-corrected chi connectivity index (χ3v) is 6.27. The van der Waals surface area contributed by atoms with Crippen LogP contribution in [0.5, 0.6) is 5.75 Å². The summed E-state index contributed by atoms with van der Waals surface area (Å²) in [4.78, 5) is 0. The molecule has 0 aromatic heterocycles. The Morgan fingerprint density at radius 3 is 2.90 bits per heavy atom. The van der Waals surface area contributed by atoms with Crippen molar-refractivity contribution in [2.45, 2.75) is 37.6 Å². The van der Waals surface area contributed by atoms with Crippen LogP contribution in [0.25, 0.3) is 0 Å². The van der Waals surface area contributed by atoms with Gasteiger partial charge in [-0.1, -0.05) is 18.2 Å². The van der Waals surface area contributed by atoms with Gasteiger partial charge in [-0.05, 0) is 25.8 Å². The van der Waals surface area contributed by atoms with Crippen molar-refractivity contribution in [3.05, 3.63) is 29.8 Å². The summed E-state index contributed by atoms with van der Waals surface area (Å²) >= 11 is 0. The van der Waals surface area contributed by atoms with Crippen molar-refractivity contribution in [3.8, 4) is 5.75 Å². The Balaban J connectivity index is 1.72. The number of nitrogens with zero attached hydrogens (tertiary/aromatic N) is 1. The fraction of sp³-hybridized carbons (Fsp3) is 0.600. The highest BCUT2D eigenvalue weighted by Gasteiger charge is 2.32. The quantitative estimate of drug-likeness (QED) is 0.892. The lowest BCUT2D eigenvalue weighted by molar-refractivity contribution is 0.291. The van der Waals surface area contributed by atoms with Crippen LogP contribution < -0.4 is 10.1 Å². The molecule has 1 aliphatic heterocycles. The number of sulfonamides is 1. The Labute approximate surface area is 126 Å². The van der Waals surface area contributed by atoms with Gasteiger partial charge in [0, 0.05) is 31.2 Å². The van der Waals surface area contributed by atoms with Crippen LogP contribution in [0.4, 0.5) is 0 Å². The van der Waals surface area contributed by atoms with Crippen LogP contribution in [0.3, 0.4) is 0 Å². The number of benzene rings is 1. The molecule has 0 amide bonds. The summed E-state index contributed by atoms with van der Waals surface area (Å²) in [6.07, 6.45) is 2.33. The molecule has 21 heavy (non-hydrogen) atoms. The average molecular weight is 310 g/mol. The third-order valence-electron chi connectivity index (χ3n) is 4.06. The van der Waals surface area contributed by atoms with Crippen LogP contribution in [-0.2, 0) is 16.6 Å². The van der Waals surface area contributed by atoms with E-state index < -0.39 is 15.3 Å². The van der Waals surface area contributed by atoms with E-state index in [4.69, 9.17) is 4.74 Å². The lowest BCUT2D eigenvalue weighted by atomic mass is 10.2. The van der Waals surface area contributed by atoms with E-state index in [2.05, 4.69) is 5.32 Å². The summed E-state index contributed by atoms with van der Waals surface area (Å²) in [5.74, 6) is 0.791. The van der Waals surface area contributed by atoms with Gasteiger partial charge in [-0.25, -0.2) is 8.42 Å². The zero-order valence-corrected chi connectivity index (χ0v) is 13.1. The molecular formula is C15H22N2O3S. The molecule has 3 rings (SSSR count). The Morgan fingerprint density at radius 2 is 2.14 bits per heavy atom. The molecule has 2 aliphatic rings. The molecule has 1 aliphatic carbocycles. The van der Waals surface area contributed by atoms with Crippen LogP contribution >= 0.6 is 0 Å². The van der Waals surface area contributed by atoms with Crippen molar-refractivity contribution in [3.63, 3.8) is 0 Å². The van der Waals surface area contributed by atoms with Crippen LogP contribution in [0.15, 0.2) is 24.3 Å². The number of fused-ring (bicyclic) bond motifs is 1. The smallest absolute Gasteiger partial charge is 0.218 e. The van der Waals surface area contributed by atoms with E-state index in [1.807, 2.05) is 24.3 Å². The monoisotopic (exact) mass is 310 g/mol. The average Bonchev–Trinajstić information content (AvgIpc) is 3.30. The highest BCUT2D eigenvalue weighted by molar-refractivity contribution is 7.89. The lowest BCUT2D eigenvalue weighted by Gasteiger charge is -2.24. The van der Waals surface area contributed by atoms with Gasteiger partial charge < -0.3 is 10.1 Å². The molecule has 1 aromatic carbocycles. The fourth-order valence-electron chi connectivity index (χ4n) is 2.50. The SMILES string of the molecule is CC(CNC1CC1)S(=O)(=O)N1CCOc2ccccc2C1. The van der Waals surface area contributed by atoms with Gasteiger partial charge in [-0.15, -0.1) is 0 Å². The van der Waals surface area contributed by atoms with E-state index in [0.717, 1.165) is 24.2 Å². The topological polar surface area (TPSA) is 58.6 Å². The van der Waals surface area contributed by atoms with Crippen molar-refractivity contribution in [2.75, 3.05) is 19.7 Å². The summed E-state index contributed by atoms with van der Waals surface area (Å²) in [6, 6.07) is 8.16. The first kappa shape index (κ1) is 14.8. The van der Waals surface area contributed by atoms with Gasteiger partial charge in [-0.2, -0.15) is 4.31 Å². The summed E-state index contributed by atoms with van der Waals surface area (Å²) in [6.45, 7) is 3.50. The minimum absolute atomic E-state index is 0.395. The minimum Gasteiger partial charge on any atom is -0.492 e. The van der Waals surface area contributed by atoms with Gasteiger partial charge in [-0.3, -0.25) is 0 Å². The molecule has 1 fully saturated rings. The largest absolute Gasteiger partial charge is 0.492 e. The molecule has 116 valence electrons. The predicted molar refractivity (Wildman–Crippen MR) is 81.8 cm³/mol. The fourth-order valence-corrected chi connectivity index (χ4v) is 3.96. The van der Waals surface area contributed by atoms with Crippen LogP contribution in [0, 0.1) is 0 Å².